The van der Waals surface area contributed by atoms with Gasteiger partial charge >= 0.3 is 0 Å². The van der Waals surface area contributed by atoms with Crippen molar-refractivity contribution < 1.29 is 17.9 Å². The van der Waals surface area contributed by atoms with Gasteiger partial charge in [0.1, 0.15) is 0 Å². The van der Waals surface area contributed by atoms with Crippen molar-refractivity contribution in [3.63, 3.8) is 0 Å². The maximum atomic E-state index is 12.3. The number of ether oxygens (including phenoxy) is 1. The minimum absolute atomic E-state index is 0.0455. The summed E-state index contributed by atoms with van der Waals surface area (Å²) in [6.45, 7) is 2.86. The lowest BCUT2D eigenvalue weighted by Gasteiger charge is -2.16. The summed E-state index contributed by atoms with van der Waals surface area (Å²) in [4.78, 5) is 12.4. The number of carbonyl (C=O) groups is 1. The number of nitrogens with two attached hydrogens (primary N) is 1. The Kier molecular flexibility index (Phi) is 8.91. The number of sulfonamides is 1. The molecule has 24 heavy (non-hydrogen) atoms. The molecule has 0 fully saturated rings. The first kappa shape index (κ1) is 20.6. The van der Waals surface area contributed by atoms with Crippen LogP contribution < -0.4 is 15.8 Å². The Bertz CT molecular complexity index is 620. The van der Waals surface area contributed by atoms with Crippen LogP contribution >= 0.6 is 0 Å². The number of carbonyl (C=O) groups excluding carboxylic acids is 1. The molecule has 7 nitrogen and oxygen atoms in total. The molecule has 1 aromatic carbocycles. The summed E-state index contributed by atoms with van der Waals surface area (Å²) in [5, 5.41) is 2.85. The monoisotopic (exact) mass is 357 g/mol. The Morgan fingerprint density at radius 1 is 1.38 bits per heavy atom. The highest BCUT2D eigenvalue weighted by Gasteiger charge is 2.17. The number of rotatable bonds is 11. The van der Waals surface area contributed by atoms with Gasteiger partial charge in [0, 0.05) is 31.8 Å². The molecule has 1 amide bonds. The van der Waals surface area contributed by atoms with Crippen LogP contribution in [-0.4, -0.2) is 47.2 Å². The van der Waals surface area contributed by atoms with Gasteiger partial charge in [-0.2, -0.15) is 0 Å². The maximum Gasteiger partial charge on any atom is 0.251 e. The lowest BCUT2D eigenvalue weighted by Crippen LogP contribution is -2.40. The van der Waals surface area contributed by atoms with E-state index in [-0.39, 0.29) is 30.0 Å². The van der Waals surface area contributed by atoms with Crippen molar-refractivity contribution in [1.29, 1.82) is 0 Å². The molecule has 8 heteroatoms. The van der Waals surface area contributed by atoms with Crippen molar-refractivity contribution >= 4 is 15.9 Å². The van der Waals surface area contributed by atoms with Gasteiger partial charge in [-0.25, -0.2) is 13.1 Å². The molecule has 0 heterocycles. The first-order valence-corrected chi connectivity index (χ1v) is 9.52. The number of hydrogen-bond acceptors (Lipinski definition) is 5. The zero-order valence-corrected chi connectivity index (χ0v) is 15.1. The van der Waals surface area contributed by atoms with Gasteiger partial charge in [0.05, 0.1) is 11.5 Å². The summed E-state index contributed by atoms with van der Waals surface area (Å²) in [5.74, 6) is -0.324. The Hall–Kier alpha value is -1.48. The molecule has 0 aliphatic carbocycles. The lowest BCUT2D eigenvalue weighted by molar-refractivity contribution is 0.0935. The van der Waals surface area contributed by atoms with Crippen LogP contribution in [0.1, 0.15) is 36.5 Å². The molecule has 0 spiro atoms. The van der Waals surface area contributed by atoms with E-state index in [1.165, 1.54) is 19.2 Å². The van der Waals surface area contributed by atoms with Gasteiger partial charge in [-0.1, -0.05) is 25.8 Å². The standard InChI is InChI=1S/C16H27N3O4S/c1-3-4-7-14(12-17)19-16(20)13-6-5-8-15(11-13)24(21,22)18-9-10-23-2/h5-6,8,11,14,18H,3-4,7,9-10,12,17H2,1-2H3,(H,19,20). The van der Waals surface area contributed by atoms with E-state index in [0.717, 1.165) is 19.3 Å². The molecular weight excluding hydrogens is 330 g/mol. The molecule has 1 aromatic rings. The van der Waals surface area contributed by atoms with Crippen LogP contribution in [-0.2, 0) is 14.8 Å². The normalized spacial score (nSPS) is 12.8. The molecule has 0 aliphatic heterocycles. The van der Waals surface area contributed by atoms with Crippen LogP contribution in [0.5, 0.6) is 0 Å². The van der Waals surface area contributed by atoms with Crippen molar-refractivity contribution in [2.75, 3.05) is 26.8 Å². The van der Waals surface area contributed by atoms with Crippen LogP contribution in [0.25, 0.3) is 0 Å². The van der Waals surface area contributed by atoms with Gasteiger partial charge in [0.15, 0.2) is 0 Å². The molecular formula is C16H27N3O4S. The Morgan fingerprint density at radius 3 is 2.75 bits per heavy atom. The summed E-state index contributed by atoms with van der Waals surface area (Å²) < 4.78 is 31.6. The predicted molar refractivity (Wildman–Crippen MR) is 93.3 cm³/mol. The van der Waals surface area contributed by atoms with Crippen molar-refractivity contribution in [3.05, 3.63) is 29.8 Å². The van der Waals surface area contributed by atoms with Gasteiger partial charge in [-0.15, -0.1) is 0 Å². The fourth-order valence-electron chi connectivity index (χ4n) is 2.13. The minimum atomic E-state index is -3.67. The quantitative estimate of drug-likeness (QED) is 0.509. The summed E-state index contributed by atoms with van der Waals surface area (Å²) in [6.07, 6.45) is 2.79. The first-order chi connectivity index (χ1) is 11.4. The SMILES string of the molecule is CCCCC(CN)NC(=O)c1cccc(S(=O)(=O)NCCOC)c1. The second kappa shape index (κ2) is 10.4. The van der Waals surface area contributed by atoms with Crippen molar-refractivity contribution in [2.24, 2.45) is 5.73 Å². The topological polar surface area (TPSA) is 111 Å². The summed E-state index contributed by atoms with van der Waals surface area (Å²) in [7, 11) is -2.18. The number of methoxy groups -OCH3 is 1. The molecule has 0 radical (unpaired) electrons. The number of nitrogens with one attached hydrogen (secondary N) is 2. The molecule has 0 bridgehead atoms. The fourth-order valence-corrected chi connectivity index (χ4v) is 3.19. The Labute approximate surface area is 144 Å². The van der Waals surface area contributed by atoms with Gasteiger partial charge in [-0.3, -0.25) is 4.79 Å². The highest BCUT2D eigenvalue weighted by molar-refractivity contribution is 7.89. The van der Waals surface area contributed by atoms with E-state index >= 15 is 0 Å². The fraction of sp³-hybridized carbons (Fsp3) is 0.562. The summed E-state index contributed by atoms with van der Waals surface area (Å²) in [6, 6.07) is 5.82. The smallest absolute Gasteiger partial charge is 0.251 e. The Morgan fingerprint density at radius 2 is 2.12 bits per heavy atom. The third kappa shape index (κ3) is 6.56. The molecule has 0 saturated heterocycles. The Balaban J connectivity index is 2.81. The maximum absolute atomic E-state index is 12.3. The minimum Gasteiger partial charge on any atom is -0.383 e. The van der Waals surface area contributed by atoms with E-state index in [0.29, 0.717) is 12.1 Å². The third-order valence-electron chi connectivity index (χ3n) is 3.53. The zero-order valence-electron chi connectivity index (χ0n) is 14.2. The second-order valence-electron chi connectivity index (χ2n) is 5.47. The van der Waals surface area contributed by atoms with Gasteiger partial charge in [-0.05, 0) is 24.6 Å². The van der Waals surface area contributed by atoms with Crippen molar-refractivity contribution in [3.8, 4) is 0 Å². The van der Waals surface area contributed by atoms with E-state index in [4.69, 9.17) is 10.5 Å². The van der Waals surface area contributed by atoms with Crippen LogP contribution in [0.4, 0.5) is 0 Å². The average Bonchev–Trinajstić information content (AvgIpc) is 2.58. The van der Waals surface area contributed by atoms with Crippen molar-refractivity contribution in [2.45, 2.75) is 37.1 Å². The summed E-state index contributed by atoms with van der Waals surface area (Å²) in [5.41, 5.74) is 5.97. The number of amides is 1. The zero-order chi connectivity index (χ0) is 18.0. The number of benzene rings is 1. The second-order valence-corrected chi connectivity index (χ2v) is 7.23. The average molecular weight is 357 g/mol. The van der Waals surface area contributed by atoms with Crippen LogP contribution in [0.3, 0.4) is 0 Å². The van der Waals surface area contributed by atoms with Gasteiger partial charge in [0.2, 0.25) is 10.0 Å². The van der Waals surface area contributed by atoms with Crippen molar-refractivity contribution in [1.82, 2.24) is 10.0 Å². The van der Waals surface area contributed by atoms with Crippen LogP contribution in [0.2, 0.25) is 0 Å². The van der Waals surface area contributed by atoms with E-state index < -0.39 is 10.0 Å². The van der Waals surface area contributed by atoms with Crippen LogP contribution in [0.15, 0.2) is 29.2 Å². The third-order valence-corrected chi connectivity index (χ3v) is 4.99. The predicted octanol–water partition coefficient (Wildman–Crippen LogP) is 0.859. The lowest BCUT2D eigenvalue weighted by atomic mass is 10.1. The van der Waals surface area contributed by atoms with E-state index in [1.54, 1.807) is 12.1 Å². The van der Waals surface area contributed by atoms with E-state index in [2.05, 4.69) is 17.0 Å². The number of hydrogen-bond donors (Lipinski definition) is 3. The first-order valence-electron chi connectivity index (χ1n) is 8.04. The molecule has 1 atom stereocenters. The van der Waals surface area contributed by atoms with Gasteiger partial charge < -0.3 is 15.8 Å². The molecule has 1 rings (SSSR count). The highest BCUT2D eigenvalue weighted by Crippen LogP contribution is 2.12. The van der Waals surface area contributed by atoms with E-state index in [9.17, 15) is 13.2 Å². The number of unbranched alkanes of at least 4 members (excludes halogenated alkanes) is 1. The summed E-state index contributed by atoms with van der Waals surface area (Å²) >= 11 is 0. The molecule has 136 valence electrons. The van der Waals surface area contributed by atoms with Gasteiger partial charge in [0.25, 0.3) is 5.91 Å². The molecule has 4 N–H and O–H groups in total. The highest BCUT2D eigenvalue weighted by atomic mass is 32.2. The molecule has 1 unspecified atom stereocenters. The van der Waals surface area contributed by atoms with E-state index in [1.807, 2.05) is 0 Å². The molecule has 0 aromatic heterocycles. The molecule has 0 saturated carbocycles. The largest absolute Gasteiger partial charge is 0.383 e. The molecule has 0 aliphatic rings. The van der Waals surface area contributed by atoms with Crippen LogP contribution in [0, 0.1) is 0 Å².